The fraction of sp³-hybridized carbons (Fsp3) is 0.471. The van der Waals surface area contributed by atoms with Crippen LogP contribution in [0.15, 0.2) is 24.3 Å². The summed E-state index contributed by atoms with van der Waals surface area (Å²) in [6.07, 6.45) is 1.03. The van der Waals surface area contributed by atoms with E-state index in [-0.39, 0.29) is 6.04 Å². The van der Waals surface area contributed by atoms with Crippen LogP contribution < -0.4 is 5.32 Å². The van der Waals surface area contributed by atoms with Crippen molar-refractivity contribution in [3.8, 4) is 0 Å². The van der Waals surface area contributed by atoms with E-state index < -0.39 is 0 Å². The molecule has 2 N–H and O–H groups in total. The minimum Gasteiger partial charge on any atom is -0.366 e. The van der Waals surface area contributed by atoms with Crippen molar-refractivity contribution >= 4 is 28.2 Å². The molecule has 1 aliphatic heterocycles. The number of hydrogen-bond acceptors (Lipinski definition) is 1. The standard InChI is InChI=1S/C15H19N3S.C2H6/c1-9-8-12-11-6-4-5-7-13(11)17-14(12)10(2)18(9)15(19)16-3;1-2/h4-7,9-10,17H,8H2,1-3H3,(H,16,19);1-2H3. The second-order valence-electron chi connectivity index (χ2n) is 5.25. The van der Waals surface area contributed by atoms with Crippen LogP contribution in [0.5, 0.6) is 0 Å². The summed E-state index contributed by atoms with van der Waals surface area (Å²) in [4.78, 5) is 5.85. The fourth-order valence-corrected chi connectivity index (χ4v) is 3.56. The van der Waals surface area contributed by atoms with E-state index in [0.29, 0.717) is 6.04 Å². The number of aromatic amines is 1. The first-order valence-electron chi connectivity index (χ1n) is 7.73. The lowest BCUT2D eigenvalue weighted by Crippen LogP contribution is -2.48. The van der Waals surface area contributed by atoms with E-state index in [4.69, 9.17) is 12.2 Å². The number of benzene rings is 1. The highest BCUT2D eigenvalue weighted by Crippen LogP contribution is 2.36. The summed E-state index contributed by atoms with van der Waals surface area (Å²) in [7, 11) is 1.89. The predicted molar refractivity (Wildman–Crippen MR) is 94.7 cm³/mol. The van der Waals surface area contributed by atoms with Gasteiger partial charge in [-0.1, -0.05) is 32.0 Å². The molecule has 21 heavy (non-hydrogen) atoms. The fourth-order valence-electron chi connectivity index (χ4n) is 3.22. The topological polar surface area (TPSA) is 31.1 Å². The Morgan fingerprint density at radius 2 is 1.95 bits per heavy atom. The average molecular weight is 303 g/mol. The van der Waals surface area contributed by atoms with Crippen molar-refractivity contribution < 1.29 is 0 Å². The Morgan fingerprint density at radius 1 is 1.29 bits per heavy atom. The Labute approximate surface area is 132 Å². The molecular weight excluding hydrogens is 278 g/mol. The maximum Gasteiger partial charge on any atom is 0.169 e. The van der Waals surface area contributed by atoms with Crippen LogP contribution in [0, 0.1) is 0 Å². The second-order valence-corrected chi connectivity index (χ2v) is 5.64. The van der Waals surface area contributed by atoms with E-state index in [1.54, 1.807) is 0 Å². The molecule has 2 heterocycles. The summed E-state index contributed by atoms with van der Waals surface area (Å²) >= 11 is 5.44. The SMILES string of the molecule is CC.CNC(=S)N1C(C)Cc2c([nH]c3ccccc23)C1C. The average Bonchev–Trinajstić information content (AvgIpc) is 2.88. The molecule has 3 nitrogen and oxygen atoms in total. The second kappa shape index (κ2) is 6.48. The number of nitrogens with one attached hydrogen (secondary N) is 2. The van der Waals surface area contributed by atoms with E-state index in [1.165, 1.54) is 22.2 Å². The van der Waals surface area contributed by atoms with E-state index in [1.807, 2.05) is 20.9 Å². The number of aromatic nitrogens is 1. The summed E-state index contributed by atoms with van der Waals surface area (Å²) in [5, 5.41) is 5.28. The summed E-state index contributed by atoms with van der Waals surface area (Å²) in [6, 6.07) is 9.24. The monoisotopic (exact) mass is 303 g/mol. The van der Waals surface area contributed by atoms with Gasteiger partial charge in [-0.05, 0) is 44.1 Å². The number of H-pyrrole nitrogens is 1. The molecule has 0 radical (unpaired) electrons. The van der Waals surface area contributed by atoms with Crippen molar-refractivity contribution in [2.75, 3.05) is 7.05 Å². The largest absolute Gasteiger partial charge is 0.366 e. The minimum atomic E-state index is 0.283. The molecule has 2 aromatic rings. The first kappa shape index (κ1) is 15.8. The van der Waals surface area contributed by atoms with Gasteiger partial charge in [0.05, 0.1) is 6.04 Å². The minimum absolute atomic E-state index is 0.283. The lowest BCUT2D eigenvalue weighted by molar-refractivity contribution is 0.239. The van der Waals surface area contributed by atoms with Crippen molar-refractivity contribution in [2.45, 2.75) is 46.2 Å². The Balaban J connectivity index is 0.000000774. The molecule has 0 bridgehead atoms. The molecule has 1 aliphatic rings. The molecule has 1 aromatic carbocycles. The molecule has 3 rings (SSSR count). The van der Waals surface area contributed by atoms with Crippen molar-refractivity contribution in [3.63, 3.8) is 0 Å². The normalized spacial score (nSPS) is 20.5. The van der Waals surface area contributed by atoms with Gasteiger partial charge >= 0.3 is 0 Å². The molecule has 0 amide bonds. The quantitative estimate of drug-likeness (QED) is 0.721. The van der Waals surface area contributed by atoms with Gasteiger partial charge in [-0.2, -0.15) is 0 Å². The van der Waals surface area contributed by atoms with Crippen LogP contribution in [0.4, 0.5) is 0 Å². The number of fused-ring (bicyclic) bond motifs is 3. The lowest BCUT2D eigenvalue weighted by atomic mass is 9.93. The first-order chi connectivity index (χ1) is 10.1. The van der Waals surface area contributed by atoms with Crippen LogP contribution in [0.3, 0.4) is 0 Å². The van der Waals surface area contributed by atoms with Crippen molar-refractivity contribution in [2.24, 2.45) is 0 Å². The van der Waals surface area contributed by atoms with Crippen molar-refractivity contribution in [1.29, 1.82) is 0 Å². The summed E-state index contributed by atoms with van der Waals surface area (Å²) in [5.41, 5.74) is 3.98. The molecule has 0 aliphatic carbocycles. The number of para-hydroxylation sites is 1. The van der Waals surface area contributed by atoms with Gasteiger partial charge in [0.1, 0.15) is 0 Å². The number of rotatable bonds is 0. The van der Waals surface area contributed by atoms with Crippen molar-refractivity contribution in [3.05, 3.63) is 35.5 Å². The number of thiocarbonyl (C=S) groups is 1. The summed E-state index contributed by atoms with van der Waals surface area (Å²) in [5.74, 6) is 0. The third-order valence-corrected chi connectivity index (χ3v) is 4.52. The third-order valence-electron chi connectivity index (χ3n) is 4.10. The van der Waals surface area contributed by atoms with Crippen LogP contribution in [-0.4, -0.2) is 28.1 Å². The number of hydrogen-bond donors (Lipinski definition) is 2. The molecule has 0 saturated carbocycles. The summed E-state index contributed by atoms with van der Waals surface area (Å²) < 4.78 is 0. The molecule has 2 atom stereocenters. The third kappa shape index (κ3) is 2.64. The zero-order chi connectivity index (χ0) is 15.6. The molecule has 0 spiro atoms. The zero-order valence-electron chi connectivity index (χ0n) is 13.5. The number of nitrogens with zero attached hydrogens (tertiary/aromatic N) is 1. The molecular formula is C17H25N3S. The highest BCUT2D eigenvalue weighted by molar-refractivity contribution is 7.80. The van der Waals surface area contributed by atoms with Crippen LogP contribution in [0.2, 0.25) is 0 Å². The van der Waals surface area contributed by atoms with Gasteiger partial charge in [-0.15, -0.1) is 0 Å². The van der Waals surface area contributed by atoms with Crippen LogP contribution in [0.25, 0.3) is 10.9 Å². The van der Waals surface area contributed by atoms with Crippen LogP contribution in [0.1, 0.15) is 45.0 Å². The highest BCUT2D eigenvalue weighted by Gasteiger charge is 2.32. The van der Waals surface area contributed by atoms with Gasteiger partial charge in [0.25, 0.3) is 0 Å². The van der Waals surface area contributed by atoms with Gasteiger partial charge in [-0.3, -0.25) is 0 Å². The zero-order valence-corrected chi connectivity index (χ0v) is 14.3. The summed E-state index contributed by atoms with van der Waals surface area (Å²) in [6.45, 7) is 8.46. The van der Waals surface area contributed by atoms with Gasteiger partial charge in [0, 0.05) is 29.7 Å². The highest BCUT2D eigenvalue weighted by atomic mass is 32.1. The molecule has 2 unspecified atom stereocenters. The lowest BCUT2D eigenvalue weighted by Gasteiger charge is -2.40. The van der Waals surface area contributed by atoms with Crippen LogP contribution >= 0.6 is 12.2 Å². The Hall–Kier alpha value is -1.55. The van der Waals surface area contributed by atoms with Gasteiger partial charge in [-0.25, -0.2) is 0 Å². The first-order valence-corrected chi connectivity index (χ1v) is 8.13. The van der Waals surface area contributed by atoms with E-state index >= 15 is 0 Å². The Kier molecular flexibility index (Phi) is 4.88. The van der Waals surface area contributed by atoms with Crippen LogP contribution in [-0.2, 0) is 6.42 Å². The van der Waals surface area contributed by atoms with Crippen molar-refractivity contribution in [1.82, 2.24) is 15.2 Å². The van der Waals surface area contributed by atoms with Gasteiger partial charge < -0.3 is 15.2 Å². The van der Waals surface area contributed by atoms with Gasteiger partial charge in [0.15, 0.2) is 5.11 Å². The molecule has 1 aromatic heterocycles. The predicted octanol–water partition coefficient (Wildman–Crippen LogP) is 4.01. The molecule has 114 valence electrons. The molecule has 0 saturated heterocycles. The molecule has 0 fully saturated rings. The Bertz CT molecular complexity index is 632. The van der Waals surface area contributed by atoms with Gasteiger partial charge in [0.2, 0.25) is 0 Å². The van der Waals surface area contributed by atoms with E-state index in [9.17, 15) is 0 Å². The molecule has 4 heteroatoms. The van der Waals surface area contributed by atoms with E-state index in [2.05, 4.69) is 53.3 Å². The Morgan fingerprint density at radius 3 is 2.62 bits per heavy atom. The smallest absolute Gasteiger partial charge is 0.169 e. The van der Waals surface area contributed by atoms with E-state index in [0.717, 1.165) is 11.5 Å². The maximum atomic E-state index is 5.44. The maximum absolute atomic E-state index is 5.44.